The molecule has 4 rings (SSSR count). The predicted octanol–water partition coefficient (Wildman–Crippen LogP) is 3.58. The lowest BCUT2D eigenvalue weighted by Crippen LogP contribution is -2.58. The molecule has 0 bridgehead atoms. The van der Waals surface area contributed by atoms with Gasteiger partial charge in [0.15, 0.2) is 5.79 Å². The number of ether oxygens (including phenoxy) is 2. The van der Waals surface area contributed by atoms with Gasteiger partial charge >= 0.3 is 0 Å². The second-order valence-electron chi connectivity index (χ2n) is 10.0. The summed E-state index contributed by atoms with van der Waals surface area (Å²) in [5, 5.41) is 0. The lowest BCUT2D eigenvalue weighted by molar-refractivity contribution is -0.184. The fraction of sp³-hybridized carbons (Fsp3) is 0.480. The number of benzene rings is 2. The molecule has 2 aliphatic rings. The first-order valence-corrected chi connectivity index (χ1v) is 12.9. The Morgan fingerprint density at radius 1 is 0.970 bits per heavy atom. The van der Waals surface area contributed by atoms with Crippen LogP contribution in [0.3, 0.4) is 0 Å². The minimum atomic E-state index is -3.93. The molecule has 2 aromatic rings. The molecule has 2 saturated heterocycles. The van der Waals surface area contributed by atoms with Crippen LogP contribution < -0.4 is 9.21 Å². The third-order valence-corrected chi connectivity index (χ3v) is 7.93. The standard InChI is InChI=1S/C25H32N2O5S/c1-24(2,3)23(28)26-33(29,30)22-11-9-21(10-12-22)27(19-20-7-5-4-6-8-20)15-13-25(14-16-27)31-17-18-32-25/h4-12H,13-19H2,1-3H3/p+1. The molecule has 0 atom stereocenters. The molecule has 33 heavy (non-hydrogen) atoms. The normalized spacial score (nSPS) is 20.0. The first-order valence-electron chi connectivity index (χ1n) is 11.4. The van der Waals surface area contributed by atoms with E-state index in [-0.39, 0.29) is 4.90 Å². The Morgan fingerprint density at radius 3 is 2.09 bits per heavy atom. The number of amides is 1. The number of quaternary nitrogens is 1. The van der Waals surface area contributed by atoms with Crippen LogP contribution in [0.25, 0.3) is 0 Å². The summed E-state index contributed by atoms with van der Waals surface area (Å²) in [4.78, 5) is 12.3. The molecule has 2 aliphatic heterocycles. The number of hydrogen-bond acceptors (Lipinski definition) is 5. The van der Waals surface area contributed by atoms with Crippen molar-refractivity contribution in [3.05, 3.63) is 60.2 Å². The highest BCUT2D eigenvalue weighted by molar-refractivity contribution is 7.90. The Bertz CT molecular complexity index is 1080. The number of rotatable bonds is 5. The van der Waals surface area contributed by atoms with Gasteiger partial charge in [-0.15, -0.1) is 0 Å². The van der Waals surface area contributed by atoms with Gasteiger partial charge in [0.05, 0.1) is 44.0 Å². The Hall–Kier alpha value is -2.26. The van der Waals surface area contributed by atoms with Crippen molar-refractivity contribution in [2.75, 3.05) is 26.3 Å². The van der Waals surface area contributed by atoms with Gasteiger partial charge in [-0.1, -0.05) is 51.1 Å². The van der Waals surface area contributed by atoms with Gasteiger partial charge in [0.2, 0.25) is 5.91 Å². The van der Waals surface area contributed by atoms with Crippen LogP contribution >= 0.6 is 0 Å². The molecule has 178 valence electrons. The van der Waals surface area contributed by atoms with E-state index < -0.39 is 27.1 Å². The molecule has 0 radical (unpaired) electrons. The summed E-state index contributed by atoms with van der Waals surface area (Å²) in [5.74, 6) is -1.02. The SMILES string of the molecule is CC(C)(C)C(=O)NS(=O)(=O)c1ccc([N+]2(Cc3ccccc3)CCC3(CC2)OCCO3)cc1. The average Bonchev–Trinajstić information content (AvgIpc) is 3.24. The van der Waals surface area contributed by atoms with E-state index in [9.17, 15) is 13.2 Å². The number of carbonyl (C=O) groups excluding carboxylic acids is 1. The highest BCUT2D eigenvalue weighted by atomic mass is 32.2. The van der Waals surface area contributed by atoms with Crippen LogP contribution in [-0.4, -0.2) is 46.4 Å². The zero-order chi connectivity index (χ0) is 23.7. The van der Waals surface area contributed by atoms with Crippen molar-refractivity contribution in [1.82, 2.24) is 9.21 Å². The van der Waals surface area contributed by atoms with Crippen LogP contribution in [0.15, 0.2) is 59.5 Å². The molecule has 1 amide bonds. The fourth-order valence-corrected chi connectivity index (χ4v) is 5.67. The molecule has 2 heterocycles. The number of nitrogens with zero attached hydrogens (tertiary/aromatic N) is 1. The van der Waals surface area contributed by atoms with E-state index in [2.05, 4.69) is 16.9 Å². The fourth-order valence-electron chi connectivity index (χ4n) is 4.51. The van der Waals surface area contributed by atoms with Crippen molar-refractivity contribution < 1.29 is 22.7 Å². The summed E-state index contributed by atoms with van der Waals surface area (Å²) in [6.45, 7) is 8.74. The highest BCUT2D eigenvalue weighted by Crippen LogP contribution is 2.39. The zero-order valence-electron chi connectivity index (χ0n) is 19.5. The van der Waals surface area contributed by atoms with Gasteiger partial charge in [-0.05, 0) is 12.1 Å². The van der Waals surface area contributed by atoms with Crippen LogP contribution in [0, 0.1) is 5.41 Å². The van der Waals surface area contributed by atoms with Crippen molar-refractivity contribution in [2.24, 2.45) is 5.41 Å². The molecule has 0 unspecified atom stereocenters. The van der Waals surface area contributed by atoms with Crippen LogP contribution in [0.1, 0.15) is 39.2 Å². The van der Waals surface area contributed by atoms with Gasteiger partial charge in [0.25, 0.3) is 10.0 Å². The maximum Gasteiger partial charge on any atom is 0.264 e. The molecule has 2 fully saturated rings. The monoisotopic (exact) mass is 473 g/mol. The molecule has 7 nitrogen and oxygen atoms in total. The topological polar surface area (TPSA) is 81.7 Å². The van der Waals surface area contributed by atoms with E-state index in [4.69, 9.17) is 9.47 Å². The van der Waals surface area contributed by atoms with Crippen LogP contribution in [-0.2, 0) is 30.8 Å². The zero-order valence-corrected chi connectivity index (χ0v) is 20.4. The maximum atomic E-state index is 12.7. The van der Waals surface area contributed by atoms with E-state index in [0.29, 0.717) is 17.7 Å². The summed E-state index contributed by atoms with van der Waals surface area (Å²) in [5.41, 5.74) is 1.45. The Morgan fingerprint density at radius 2 is 1.55 bits per heavy atom. The molecule has 2 aromatic carbocycles. The molecule has 0 aromatic heterocycles. The van der Waals surface area contributed by atoms with Crippen molar-refractivity contribution >= 4 is 21.6 Å². The smallest absolute Gasteiger partial charge is 0.264 e. The Labute approximate surface area is 196 Å². The number of sulfonamides is 1. The molecule has 0 saturated carbocycles. The third-order valence-electron chi connectivity index (χ3n) is 6.59. The van der Waals surface area contributed by atoms with E-state index in [1.54, 1.807) is 32.9 Å². The number of likely N-dealkylation sites (tertiary alicyclic amines) is 1. The van der Waals surface area contributed by atoms with Crippen LogP contribution in [0.5, 0.6) is 0 Å². The van der Waals surface area contributed by atoms with E-state index in [1.165, 1.54) is 5.56 Å². The summed E-state index contributed by atoms with van der Waals surface area (Å²) < 4.78 is 40.2. The minimum Gasteiger partial charge on any atom is -0.347 e. The molecule has 8 heteroatoms. The third kappa shape index (κ3) is 5.14. The van der Waals surface area contributed by atoms with Crippen molar-refractivity contribution in [3.8, 4) is 0 Å². The minimum absolute atomic E-state index is 0.0812. The van der Waals surface area contributed by atoms with Crippen LogP contribution in [0.4, 0.5) is 5.69 Å². The molecule has 1 spiro atoms. The first-order chi connectivity index (χ1) is 15.5. The lowest BCUT2D eigenvalue weighted by Gasteiger charge is -2.46. The molecule has 1 N–H and O–H groups in total. The van der Waals surface area contributed by atoms with Gasteiger partial charge in [0.1, 0.15) is 12.2 Å². The van der Waals surface area contributed by atoms with Gasteiger partial charge in [-0.25, -0.2) is 13.1 Å². The van der Waals surface area contributed by atoms with E-state index in [0.717, 1.165) is 38.2 Å². The second kappa shape index (κ2) is 8.83. The number of nitrogens with one attached hydrogen (secondary N) is 1. The van der Waals surface area contributed by atoms with Crippen LogP contribution in [0.2, 0.25) is 0 Å². The maximum absolute atomic E-state index is 12.7. The highest BCUT2D eigenvalue weighted by Gasteiger charge is 2.47. The van der Waals surface area contributed by atoms with Crippen molar-refractivity contribution in [1.29, 1.82) is 0 Å². The van der Waals surface area contributed by atoms with E-state index >= 15 is 0 Å². The van der Waals surface area contributed by atoms with E-state index in [1.807, 2.05) is 30.3 Å². The lowest BCUT2D eigenvalue weighted by atomic mass is 9.96. The van der Waals surface area contributed by atoms with Gasteiger partial charge < -0.3 is 9.47 Å². The van der Waals surface area contributed by atoms with Crippen molar-refractivity contribution in [2.45, 2.75) is 50.8 Å². The number of hydrogen-bond donors (Lipinski definition) is 1. The summed E-state index contributed by atoms with van der Waals surface area (Å²) in [6.07, 6.45) is 1.56. The summed E-state index contributed by atoms with van der Waals surface area (Å²) in [6, 6.07) is 17.2. The number of carbonyl (C=O) groups is 1. The quantitative estimate of drug-likeness (QED) is 0.672. The largest absolute Gasteiger partial charge is 0.347 e. The Kier molecular flexibility index (Phi) is 6.39. The predicted molar refractivity (Wildman–Crippen MR) is 127 cm³/mol. The first kappa shape index (κ1) is 23.9. The van der Waals surface area contributed by atoms with Gasteiger partial charge in [-0.2, -0.15) is 0 Å². The summed E-state index contributed by atoms with van der Waals surface area (Å²) >= 11 is 0. The molecule has 0 aliphatic carbocycles. The van der Waals surface area contributed by atoms with Crippen molar-refractivity contribution in [3.63, 3.8) is 0 Å². The van der Waals surface area contributed by atoms with Gasteiger partial charge in [-0.3, -0.25) is 9.28 Å². The molecular formula is C25H33N2O5S+. The summed E-state index contributed by atoms with van der Waals surface area (Å²) in [7, 11) is -3.93. The van der Waals surface area contributed by atoms with Gasteiger partial charge in [0, 0.05) is 23.1 Å². The number of piperidine rings is 1. The second-order valence-corrected chi connectivity index (χ2v) is 11.7. The average molecular weight is 474 g/mol. The Balaban J connectivity index is 1.60. The molecular weight excluding hydrogens is 440 g/mol.